The molecule has 0 aliphatic rings. The number of carbonyl (C=O) groups is 2. The molecular formula is C17H22N4O7S2. The number of anilines is 1. The van der Waals surface area contributed by atoms with Crippen molar-refractivity contribution >= 4 is 39.3 Å². The van der Waals surface area contributed by atoms with Crippen LogP contribution in [0.5, 0.6) is 11.6 Å². The van der Waals surface area contributed by atoms with Gasteiger partial charge in [-0.15, -0.1) is 11.3 Å². The van der Waals surface area contributed by atoms with E-state index in [1.54, 1.807) is 21.0 Å². The lowest BCUT2D eigenvalue weighted by atomic mass is 10.2. The average Bonchev–Trinajstić information content (AvgIpc) is 3.03. The highest BCUT2D eigenvalue weighted by molar-refractivity contribution is 7.92. The summed E-state index contributed by atoms with van der Waals surface area (Å²) in [6, 6.07) is 1.77. The molecule has 0 saturated heterocycles. The van der Waals surface area contributed by atoms with Gasteiger partial charge in [0.2, 0.25) is 5.88 Å². The van der Waals surface area contributed by atoms with E-state index in [2.05, 4.69) is 10.3 Å². The Hall–Kier alpha value is -2.90. The van der Waals surface area contributed by atoms with Crippen molar-refractivity contribution in [2.24, 2.45) is 5.73 Å². The highest BCUT2D eigenvalue weighted by atomic mass is 32.2. The van der Waals surface area contributed by atoms with E-state index in [1.165, 1.54) is 19.2 Å². The zero-order valence-electron chi connectivity index (χ0n) is 16.8. The molecule has 0 spiro atoms. The van der Waals surface area contributed by atoms with E-state index in [1.807, 2.05) is 4.72 Å². The fraction of sp³-hybridized carbons (Fsp3) is 0.353. The number of amides is 3. The lowest BCUT2D eigenvalue weighted by Crippen LogP contribution is -2.34. The first-order valence-corrected chi connectivity index (χ1v) is 10.8. The number of hydrogen-bond donors (Lipinski definition) is 3. The molecule has 0 atom stereocenters. The van der Waals surface area contributed by atoms with Crippen LogP contribution < -0.4 is 25.2 Å². The number of thiophene rings is 1. The summed E-state index contributed by atoms with van der Waals surface area (Å²) in [6.45, 7) is 3.80. The number of nitrogens with zero attached hydrogens (tertiary/aromatic N) is 1. The van der Waals surface area contributed by atoms with Crippen LogP contribution in [0.4, 0.5) is 15.4 Å². The number of aryl methyl sites for hydroxylation is 1. The molecule has 11 nitrogen and oxygen atoms in total. The maximum Gasteiger partial charge on any atom is 0.411 e. The predicted octanol–water partition coefficient (Wildman–Crippen LogP) is 1.93. The average molecular weight is 459 g/mol. The fourth-order valence-corrected chi connectivity index (χ4v) is 4.89. The van der Waals surface area contributed by atoms with Crippen LogP contribution in [0.15, 0.2) is 16.3 Å². The largest absolute Gasteiger partial charge is 0.496 e. The molecule has 0 fully saturated rings. The standard InChI is InChI=1S/C17H22N4O7S2/c1-9-7-14(29-12(9)5-6-26-3)30(24,25)21-17(23)20-13-8-11(27-4)10(2)15(19-13)28-16(18)22/h7-8H,5-6H2,1-4H3,(H2,18,22)(H2,19,20,21,23). The Morgan fingerprint density at radius 2 is 1.93 bits per heavy atom. The van der Waals surface area contributed by atoms with E-state index in [0.29, 0.717) is 18.6 Å². The van der Waals surface area contributed by atoms with Crippen molar-refractivity contribution in [2.45, 2.75) is 24.5 Å². The van der Waals surface area contributed by atoms with E-state index < -0.39 is 22.1 Å². The van der Waals surface area contributed by atoms with Crippen LogP contribution in [0, 0.1) is 13.8 Å². The maximum atomic E-state index is 12.5. The number of carbonyl (C=O) groups excluding carboxylic acids is 2. The molecular weight excluding hydrogens is 436 g/mol. The first-order chi connectivity index (χ1) is 14.1. The van der Waals surface area contributed by atoms with Gasteiger partial charge < -0.3 is 19.9 Å². The molecule has 3 amide bonds. The molecule has 0 radical (unpaired) electrons. The number of rotatable bonds is 8. The van der Waals surface area contributed by atoms with Crippen LogP contribution in [0.3, 0.4) is 0 Å². The molecule has 2 heterocycles. The van der Waals surface area contributed by atoms with Gasteiger partial charge in [-0.05, 0) is 25.5 Å². The summed E-state index contributed by atoms with van der Waals surface area (Å²) in [6.07, 6.45) is -0.543. The van der Waals surface area contributed by atoms with Crippen molar-refractivity contribution in [3.8, 4) is 11.6 Å². The van der Waals surface area contributed by atoms with Crippen molar-refractivity contribution in [1.82, 2.24) is 9.71 Å². The van der Waals surface area contributed by atoms with Gasteiger partial charge in [0, 0.05) is 24.5 Å². The smallest absolute Gasteiger partial charge is 0.411 e. The Morgan fingerprint density at radius 1 is 1.23 bits per heavy atom. The van der Waals surface area contributed by atoms with Crippen molar-refractivity contribution in [2.75, 3.05) is 26.1 Å². The lowest BCUT2D eigenvalue weighted by molar-refractivity contribution is 0.203. The lowest BCUT2D eigenvalue weighted by Gasteiger charge is -2.12. The normalized spacial score (nSPS) is 11.1. The van der Waals surface area contributed by atoms with Gasteiger partial charge in [-0.3, -0.25) is 5.32 Å². The fourth-order valence-electron chi connectivity index (χ4n) is 2.41. The third-order valence-corrected chi connectivity index (χ3v) is 6.96. The quantitative estimate of drug-likeness (QED) is 0.541. The molecule has 0 unspecified atom stereocenters. The first-order valence-electron chi connectivity index (χ1n) is 8.52. The van der Waals surface area contributed by atoms with Crippen LogP contribution >= 0.6 is 11.3 Å². The second-order valence-electron chi connectivity index (χ2n) is 6.04. The van der Waals surface area contributed by atoms with Crippen LogP contribution in [-0.2, 0) is 21.2 Å². The molecule has 164 valence electrons. The number of methoxy groups -OCH3 is 2. The van der Waals surface area contributed by atoms with Gasteiger partial charge in [-0.25, -0.2) is 22.7 Å². The monoisotopic (exact) mass is 458 g/mol. The van der Waals surface area contributed by atoms with Gasteiger partial charge in [0.1, 0.15) is 15.8 Å². The van der Waals surface area contributed by atoms with Crippen molar-refractivity contribution < 1.29 is 32.2 Å². The number of pyridine rings is 1. The zero-order chi connectivity index (χ0) is 22.5. The summed E-state index contributed by atoms with van der Waals surface area (Å²) in [4.78, 5) is 28.1. The van der Waals surface area contributed by atoms with Crippen molar-refractivity contribution in [3.63, 3.8) is 0 Å². The Morgan fingerprint density at radius 3 is 2.53 bits per heavy atom. The van der Waals surface area contributed by atoms with Crippen LogP contribution in [0.1, 0.15) is 16.0 Å². The number of nitrogens with one attached hydrogen (secondary N) is 2. The summed E-state index contributed by atoms with van der Waals surface area (Å²) in [7, 11) is -1.19. The second kappa shape index (κ2) is 9.73. The minimum atomic E-state index is -4.11. The second-order valence-corrected chi connectivity index (χ2v) is 9.08. The van der Waals surface area contributed by atoms with Gasteiger partial charge in [0.15, 0.2) is 0 Å². The number of aromatic nitrogens is 1. The van der Waals surface area contributed by atoms with Crippen molar-refractivity contribution in [1.29, 1.82) is 0 Å². The Balaban J connectivity index is 2.19. The third kappa shape index (κ3) is 5.81. The summed E-state index contributed by atoms with van der Waals surface area (Å²) in [5.74, 6) is -0.0442. The summed E-state index contributed by atoms with van der Waals surface area (Å²) >= 11 is 1.05. The molecule has 0 bridgehead atoms. The van der Waals surface area contributed by atoms with Gasteiger partial charge in [-0.1, -0.05) is 0 Å². The number of hydrogen-bond acceptors (Lipinski definition) is 9. The van der Waals surface area contributed by atoms with E-state index in [0.717, 1.165) is 21.8 Å². The highest BCUT2D eigenvalue weighted by Crippen LogP contribution is 2.29. The third-order valence-electron chi connectivity index (χ3n) is 3.86. The van der Waals surface area contributed by atoms with Gasteiger partial charge in [-0.2, -0.15) is 4.98 Å². The van der Waals surface area contributed by atoms with Crippen LogP contribution in [0.25, 0.3) is 0 Å². The van der Waals surface area contributed by atoms with E-state index in [9.17, 15) is 18.0 Å². The number of sulfonamides is 1. The molecule has 2 aromatic rings. The van der Waals surface area contributed by atoms with Gasteiger partial charge in [0.25, 0.3) is 10.0 Å². The highest BCUT2D eigenvalue weighted by Gasteiger charge is 2.22. The summed E-state index contributed by atoms with van der Waals surface area (Å²) in [5, 5.41) is 2.27. The number of primary amides is 1. The first kappa shape index (κ1) is 23.4. The minimum absolute atomic E-state index is 0.00607. The van der Waals surface area contributed by atoms with E-state index in [-0.39, 0.29) is 21.7 Å². The van der Waals surface area contributed by atoms with Gasteiger partial charge >= 0.3 is 12.1 Å². The number of ether oxygens (including phenoxy) is 3. The molecule has 2 rings (SSSR count). The summed E-state index contributed by atoms with van der Waals surface area (Å²) in [5.41, 5.74) is 6.16. The zero-order valence-corrected chi connectivity index (χ0v) is 18.4. The Bertz CT molecular complexity index is 1050. The van der Waals surface area contributed by atoms with Crippen molar-refractivity contribution in [3.05, 3.63) is 28.1 Å². The topological polar surface area (TPSA) is 159 Å². The molecule has 0 aliphatic carbocycles. The maximum absolute atomic E-state index is 12.5. The number of urea groups is 1. The molecule has 2 aromatic heterocycles. The Kier molecular flexibility index (Phi) is 7.59. The Labute approximate surface area is 177 Å². The summed E-state index contributed by atoms with van der Waals surface area (Å²) < 4.78 is 41.9. The van der Waals surface area contributed by atoms with E-state index in [4.69, 9.17) is 19.9 Å². The predicted molar refractivity (Wildman–Crippen MR) is 110 cm³/mol. The van der Waals surface area contributed by atoms with Crippen LogP contribution in [-0.4, -0.2) is 46.4 Å². The van der Waals surface area contributed by atoms with E-state index >= 15 is 0 Å². The van der Waals surface area contributed by atoms with Gasteiger partial charge in [0.05, 0.1) is 19.3 Å². The molecule has 4 N–H and O–H groups in total. The molecule has 13 heteroatoms. The van der Waals surface area contributed by atoms with Crippen LogP contribution in [0.2, 0.25) is 0 Å². The SMILES string of the molecule is COCCc1sc(S(=O)(=O)NC(=O)Nc2cc(OC)c(C)c(OC(N)=O)n2)cc1C. The minimum Gasteiger partial charge on any atom is -0.496 e. The number of nitrogens with two attached hydrogens (primary N) is 1. The molecule has 30 heavy (non-hydrogen) atoms. The molecule has 0 saturated carbocycles. The molecule has 0 aromatic carbocycles. The molecule has 0 aliphatic heterocycles.